The van der Waals surface area contributed by atoms with Crippen molar-refractivity contribution < 1.29 is 9.53 Å². The fraction of sp³-hybridized carbons (Fsp3) is 0.350. The molecule has 0 bridgehead atoms. The molecule has 0 spiro atoms. The molecule has 2 aromatic carbocycles. The van der Waals surface area contributed by atoms with Crippen molar-refractivity contribution in [3.63, 3.8) is 0 Å². The van der Waals surface area contributed by atoms with Crippen LogP contribution in [0.3, 0.4) is 0 Å². The lowest BCUT2D eigenvalue weighted by Gasteiger charge is -2.37. The fourth-order valence-electron chi connectivity index (χ4n) is 3.00. The highest BCUT2D eigenvalue weighted by Gasteiger charge is 2.34. The summed E-state index contributed by atoms with van der Waals surface area (Å²) < 4.78 is 6.01. The third kappa shape index (κ3) is 4.32. The molecule has 1 atom stereocenters. The number of hydrogen-bond donors (Lipinski definition) is 1. The first kappa shape index (κ1) is 16.9. The van der Waals surface area contributed by atoms with E-state index in [9.17, 15) is 4.79 Å². The first-order valence-electron chi connectivity index (χ1n) is 8.22. The van der Waals surface area contributed by atoms with E-state index >= 15 is 0 Å². The molecule has 4 heteroatoms. The van der Waals surface area contributed by atoms with Crippen LogP contribution in [-0.4, -0.2) is 17.3 Å². The van der Waals surface area contributed by atoms with E-state index in [2.05, 4.69) is 31.3 Å². The van der Waals surface area contributed by atoms with Crippen molar-refractivity contribution in [2.45, 2.75) is 37.7 Å². The number of para-hydroxylation sites is 1. The molecule has 1 aliphatic rings. The van der Waals surface area contributed by atoms with Crippen molar-refractivity contribution in [3.05, 3.63) is 65.7 Å². The first-order valence-corrected chi connectivity index (χ1v) is 9.38. The lowest BCUT2D eigenvalue weighted by atomic mass is 9.90. The van der Waals surface area contributed by atoms with Crippen LogP contribution in [0.4, 0.5) is 0 Å². The second-order valence-electron chi connectivity index (χ2n) is 6.70. The second kappa shape index (κ2) is 7.31. The molecule has 0 saturated heterocycles. The van der Waals surface area contributed by atoms with Gasteiger partial charge in [0, 0.05) is 17.7 Å². The molecule has 0 aliphatic carbocycles. The molecule has 0 aromatic heterocycles. The summed E-state index contributed by atoms with van der Waals surface area (Å²) in [5.41, 5.74) is 2.04. The first-order chi connectivity index (χ1) is 11.5. The maximum absolute atomic E-state index is 12.3. The number of hydrogen-bond acceptors (Lipinski definition) is 3. The Morgan fingerprint density at radius 3 is 2.67 bits per heavy atom. The Hall–Kier alpha value is -1.94. The van der Waals surface area contributed by atoms with Gasteiger partial charge in [-0.1, -0.05) is 48.5 Å². The van der Waals surface area contributed by atoms with Crippen molar-refractivity contribution in [2.24, 2.45) is 0 Å². The lowest BCUT2D eigenvalue weighted by Crippen LogP contribution is -2.41. The van der Waals surface area contributed by atoms with Crippen molar-refractivity contribution in [1.82, 2.24) is 5.32 Å². The zero-order valence-corrected chi connectivity index (χ0v) is 14.9. The van der Waals surface area contributed by atoms with E-state index in [1.54, 1.807) is 11.8 Å². The maximum Gasteiger partial charge on any atom is 0.230 e. The molecule has 3 rings (SSSR count). The van der Waals surface area contributed by atoms with E-state index in [0.717, 1.165) is 23.5 Å². The van der Waals surface area contributed by atoms with Crippen molar-refractivity contribution in [1.29, 1.82) is 0 Å². The van der Waals surface area contributed by atoms with Gasteiger partial charge in [-0.3, -0.25) is 4.79 Å². The standard InChI is InChI=1S/C20H23NO2S/c1-20(2)12-17(16-10-6-7-11-18(16)23-20)21-19(22)14-24-13-15-8-4-3-5-9-15/h3-11,17H,12-14H2,1-2H3,(H,21,22)/t17-/m1/s1. The summed E-state index contributed by atoms with van der Waals surface area (Å²) in [5.74, 6) is 2.27. The predicted molar refractivity (Wildman–Crippen MR) is 99.3 cm³/mol. The van der Waals surface area contributed by atoms with Gasteiger partial charge in [-0.25, -0.2) is 0 Å². The summed E-state index contributed by atoms with van der Waals surface area (Å²) in [4.78, 5) is 12.3. The summed E-state index contributed by atoms with van der Waals surface area (Å²) in [7, 11) is 0. The van der Waals surface area contributed by atoms with Crippen LogP contribution in [0.1, 0.15) is 37.4 Å². The van der Waals surface area contributed by atoms with Crippen LogP contribution in [0.25, 0.3) is 0 Å². The van der Waals surface area contributed by atoms with Gasteiger partial charge >= 0.3 is 0 Å². The third-order valence-electron chi connectivity index (χ3n) is 4.06. The summed E-state index contributed by atoms with van der Waals surface area (Å²) in [6, 6.07) is 18.2. The second-order valence-corrected chi connectivity index (χ2v) is 7.69. The molecule has 0 radical (unpaired) electrons. The van der Waals surface area contributed by atoms with Crippen LogP contribution in [0.2, 0.25) is 0 Å². The zero-order chi connectivity index (χ0) is 17.0. The summed E-state index contributed by atoms with van der Waals surface area (Å²) in [5, 5.41) is 3.18. The normalized spacial score (nSPS) is 18.3. The number of carbonyl (C=O) groups is 1. The molecule has 24 heavy (non-hydrogen) atoms. The Morgan fingerprint density at radius 2 is 1.88 bits per heavy atom. The molecular formula is C20H23NO2S. The van der Waals surface area contributed by atoms with Crippen LogP contribution in [0, 0.1) is 0 Å². The monoisotopic (exact) mass is 341 g/mol. The average Bonchev–Trinajstić information content (AvgIpc) is 2.55. The molecule has 2 aromatic rings. The zero-order valence-electron chi connectivity index (χ0n) is 14.1. The Balaban J connectivity index is 1.58. The van der Waals surface area contributed by atoms with Crippen LogP contribution in [0.5, 0.6) is 5.75 Å². The topological polar surface area (TPSA) is 38.3 Å². The lowest BCUT2D eigenvalue weighted by molar-refractivity contribution is -0.119. The number of rotatable bonds is 5. The quantitative estimate of drug-likeness (QED) is 0.879. The number of benzene rings is 2. The van der Waals surface area contributed by atoms with Crippen LogP contribution >= 0.6 is 11.8 Å². The summed E-state index contributed by atoms with van der Waals surface area (Å²) >= 11 is 1.64. The SMILES string of the molecule is CC1(C)C[C@@H](NC(=O)CSCc2ccccc2)c2ccccc2O1. The smallest absolute Gasteiger partial charge is 0.230 e. The Labute approximate surface area is 147 Å². The Bertz CT molecular complexity index is 700. The van der Waals surface area contributed by atoms with Gasteiger partial charge in [0.05, 0.1) is 11.8 Å². The van der Waals surface area contributed by atoms with Gasteiger partial charge in [0.1, 0.15) is 11.4 Å². The van der Waals surface area contributed by atoms with Crippen LogP contribution < -0.4 is 10.1 Å². The van der Waals surface area contributed by atoms with Gasteiger partial charge in [0.2, 0.25) is 5.91 Å². The maximum atomic E-state index is 12.3. The van der Waals surface area contributed by atoms with E-state index < -0.39 is 0 Å². The minimum absolute atomic E-state index is 0.00905. The number of carbonyl (C=O) groups excluding carboxylic acids is 1. The van der Waals surface area contributed by atoms with Crippen molar-refractivity contribution in [2.75, 3.05) is 5.75 Å². The minimum atomic E-state index is -0.274. The van der Waals surface area contributed by atoms with E-state index in [0.29, 0.717) is 5.75 Å². The predicted octanol–water partition coefficient (Wildman–Crippen LogP) is 4.34. The number of nitrogens with one attached hydrogen (secondary N) is 1. The molecule has 1 N–H and O–H groups in total. The number of thioether (sulfide) groups is 1. The molecule has 1 heterocycles. The van der Waals surface area contributed by atoms with E-state index in [1.165, 1.54) is 5.56 Å². The molecule has 126 valence electrons. The van der Waals surface area contributed by atoms with E-state index in [-0.39, 0.29) is 17.6 Å². The van der Waals surface area contributed by atoms with Crippen molar-refractivity contribution >= 4 is 17.7 Å². The highest BCUT2D eigenvalue weighted by molar-refractivity contribution is 7.99. The van der Waals surface area contributed by atoms with Gasteiger partial charge in [-0.2, -0.15) is 0 Å². The van der Waals surface area contributed by atoms with Crippen molar-refractivity contribution in [3.8, 4) is 5.75 Å². The molecule has 0 saturated carbocycles. The largest absolute Gasteiger partial charge is 0.487 e. The van der Waals surface area contributed by atoms with Gasteiger partial charge in [0.15, 0.2) is 0 Å². The van der Waals surface area contributed by atoms with Gasteiger partial charge in [0.25, 0.3) is 0 Å². The number of fused-ring (bicyclic) bond motifs is 1. The number of ether oxygens (including phenoxy) is 1. The molecular weight excluding hydrogens is 318 g/mol. The highest BCUT2D eigenvalue weighted by atomic mass is 32.2. The highest BCUT2D eigenvalue weighted by Crippen LogP contribution is 2.39. The van der Waals surface area contributed by atoms with Gasteiger partial charge in [-0.15, -0.1) is 11.8 Å². The molecule has 1 aliphatic heterocycles. The molecule has 1 amide bonds. The van der Waals surface area contributed by atoms with Crippen LogP contribution in [-0.2, 0) is 10.5 Å². The average molecular weight is 341 g/mol. The Kier molecular flexibility index (Phi) is 5.14. The minimum Gasteiger partial charge on any atom is -0.487 e. The van der Waals surface area contributed by atoms with E-state index in [4.69, 9.17) is 4.74 Å². The van der Waals surface area contributed by atoms with Crippen LogP contribution in [0.15, 0.2) is 54.6 Å². The molecule has 0 unspecified atom stereocenters. The summed E-state index contributed by atoms with van der Waals surface area (Å²) in [6.07, 6.45) is 0.777. The summed E-state index contributed by atoms with van der Waals surface area (Å²) in [6.45, 7) is 4.12. The fourth-order valence-corrected chi connectivity index (χ4v) is 3.80. The molecule has 3 nitrogen and oxygen atoms in total. The number of amides is 1. The van der Waals surface area contributed by atoms with Gasteiger partial charge in [-0.05, 0) is 25.5 Å². The third-order valence-corrected chi connectivity index (χ3v) is 5.06. The Morgan fingerprint density at radius 1 is 1.17 bits per heavy atom. The van der Waals surface area contributed by atoms with Gasteiger partial charge < -0.3 is 10.1 Å². The molecule has 0 fully saturated rings. The van der Waals surface area contributed by atoms with E-state index in [1.807, 2.05) is 42.5 Å².